The molecule has 3 nitrogen and oxygen atoms in total. The fourth-order valence-electron chi connectivity index (χ4n) is 2.00. The summed E-state index contributed by atoms with van der Waals surface area (Å²) in [7, 11) is 0. The summed E-state index contributed by atoms with van der Waals surface area (Å²) in [6, 6.07) is 4.03. The van der Waals surface area contributed by atoms with Gasteiger partial charge in [-0.1, -0.05) is 11.6 Å². The fraction of sp³-hybridized carbons (Fsp3) is 0.417. The summed E-state index contributed by atoms with van der Waals surface area (Å²) in [5.74, 6) is -0.834. The molecule has 1 aliphatic rings. The van der Waals surface area contributed by atoms with Gasteiger partial charge in [-0.05, 0) is 24.6 Å². The Morgan fingerprint density at radius 3 is 2.94 bits per heavy atom. The maximum atomic E-state index is 13.6. The second-order valence-electron chi connectivity index (χ2n) is 4.21. The SMILES string of the molecule is O=C(c1ccc(Cl)cc1F)N1CCC(CO)C1. The summed E-state index contributed by atoms with van der Waals surface area (Å²) >= 11 is 5.63. The van der Waals surface area contributed by atoms with E-state index in [4.69, 9.17) is 16.7 Å². The molecule has 1 saturated heterocycles. The van der Waals surface area contributed by atoms with Crippen LogP contribution in [0.1, 0.15) is 16.8 Å². The first-order valence-electron chi connectivity index (χ1n) is 5.47. The summed E-state index contributed by atoms with van der Waals surface area (Å²) in [5.41, 5.74) is 0.0352. The van der Waals surface area contributed by atoms with Gasteiger partial charge < -0.3 is 10.0 Å². The van der Waals surface area contributed by atoms with Crippen molar-refractivity contribution < 1.29 is 14.3 Å². The van der Waals surface area contributed by atoms with E-state index in [1.807, 2.05) is 0 Å². The van der Waals surface area contributed by atoms with Crippen molar-refractivity contribution >= 4 is 17.5 Å². The Morgan fingerprint density at radius 2 is 2.35 bits per heavy atom. The lowest BCUT2D eigenvalue weighted by Gasteiger charge is -2.16. The monoisotopic (exact) mass is 257 g/mol. The Balaban J connectivity index is 2.15. The van der Waals surface area contributed by atoms with Crippen molar-refractivity contribution in [3.05, 3.63) is 34.6 Å². The molecule has 1 unspecified atom stereocenters. The average Bonchev–Trinajstić information content (AvgIpc) is 2.76. The highest BCUT2D eigenvalue weighted by Gasteiger charge is 2.27. The van der Waals surface area contributed by atoms with Gasteiger partial charge in [0.15, 0.2) is 0 Å². The minimum atomic E-state index is -0.602. The molecule has 1 aromatic carbocycles. The first-order valence-corrected chi connectivity index (χ1v) is 5.85. The van der Waals surface area contributed by atoms with Crippen LogP contribution in [0.5, 0.6) is 0 Å². The number of carbonyl (C=O) groups excluding carboxylic acids is 1. The van der Waals surface area contributed by atoms with E-state index in [1.54, 1.807) is 4.90 Å². The number of hydrogen-bond donors (Lipinski definition) is 1. The van der Waals surface area contributed by atoms with Gasteiger partial charge in [-0.15, -0.1) is 0 Å². The van der Waals surface area contributed by atoms with E-state index in [9.17, 15) is 9.18 Å². The van der Waals surface area contributed by atoms with Gasteiger partial charge in [-0.2, -0.15) is 0 Å². The van der Waals surface area contributed by atoms with E-state index < -0.39 is 5.82 Å². The molecule has 17 heavy (non-hydrogen) atoms. The largest absolute Gasteiger partial charge is 0.396 e. The van der Waals surface area contributed by atoms with Gasteiger partial charge >= 0.3 is 0 Å². The number of aliphatic hydroxyl groups is 1. The lowest BCUT2D eigenvalue weighted by atomic mass is 10.1. The topological polar surface area (TPSA) is 40.5 Å². The van der Waals surface area contributed by atoms with Gasteiger partial charge in [-0.3, -0.25) is 4.79 Å². The molecule has 0 bridgehead atoms. The number of nitrogens with zero attached hydrogens (tertiary/aromatic N) is 1. The molecule has 0 spiro atoms. The Bertz CT molecular complexity index is 439. The Kier molecular flexibility index (Phi) is 3.64. The molecular weight excluding hydrogens is 245 g/mol. The normalized spacial score (nSPS) is 19.7. The van der Waals surface area contributed by atoms with E-state index in [0.717, 1.165) is 12.5 Å². The Hall–Kier alpha value is -1.13. The molecule has 1 fully saturated rings. The number of rotatable bonds is 2. The maximum absolute atomic E-state index is 13.6. The van der Waals surface area contributed by atoms with Gasteiger partial charge in [0.25, 0.3) is 5.91 Å². The van der Waals surface area contributed by atoms with E-state index in [-0.39, 0.29) is 29.0 Å². The molecule has 92 valence electrons. The zero-order chi connectivity index (χ0) is 12.4. The molecular formula is C12H13ClFNO2. The highest BCUT2D eigenvalue weighted by molar-refractivity contribution is 6.30. The number of hydrogen-bond acceptors (Lipinski definition) is 2. The molecule has 1 atom stereocenters. The predicted octanol–water partition coefficient (Wildman–Crippen LogP) is 1.93. The van der Waals surface area contributed by atoms with E-state index in [1.165, 1.54) is 12.1 Å². The highest BCUT2D eigenvalue weighted by atomic mass is 35.5. The van der Waals surface area contributed by atoms with Crippen LogP contribution in [0.15, 0.2) is 18.2 Å². The third-order valence-electron chi connectivity index (χ3n) is 2.99. The second-order valence-corrected chi connectivity index (χ2v) is 4.65. The molecule has 1 aromatic rings. The molecule has 1 aliphatic heterocycles. The summed E-state index contributed by atoms with van der Waals surface area (Å²) < 4.78 is 13.6. The van der Waals surface area contributed by atoms with Crippen LogP contribution < -0.4 is 0 Å². The third-order valence-corrected chi connectivity index (χ3v) is 3.23. The van der Waals surface area contributed by atoms with E-state index >= 15 is 0 Å². The van der Waals surface area contributed by atoms with E-state index in [0.29, 0.717) is 13.1 Å². The average molecular weight is 258 g/mol. The maximum Gasteiger partial charge on any atom is 0.256 e. The lowest BCUT2D eigenvalue weighted by Crippen LogP contribution is -2.29. The predicted molar refractivity (Wildman–Crippen MR) is 62.5 cm³/mol. The van der Waals surface area contributed by atoms with Gasteiger partial charge in [0.05, 0.1) is 5.56 Å². The van der Waals surface area contributed by atoms with Gasteiger partial charge in [-0.25, -0.2) is 4.39 Å². The minimum absolute atomic E-state index is 0.0352. The number of carbonyl (C=O) groups is 1. The van der Waals surface area contributed by atoms with Crippen molar-refractivity contribution in [2.75, 3.05) is 19.7 Å². The minimum Gasteiger partial charge on any atom is -0.396 e. The van der Waals surface area contributed by atoms with Crippen molar-refractivity contribution in [3.8, 4) is 0 Å². The van der Waals surface area contributed by atoms with Crippen LogP contribution in [0.4, 0.5) is 4.39 Å². The molecule has 0 aliphatic carbocycles. The quantitative estimate of drug-likeness (QED) is 0.880. The van der Waals surface area contributed by atoms with Crippen LogP contribution in [0.3, 0.4) is 0 Å². The number of benzene rings is 1. The lowest BCUT2D eigenvalue weighted by molar-refractivity contribution is 0.0777. The van der Waals surface area contributed by atoms with Gasteiger partial charge in [0.2, 0.25) is 0 Å². The smallest absolute Gasteiger partial charge is 0.256 e. The van der Waals surface area contributed by atoms with Crippen LogP contribution in [-0.4, -0.2) is 35.6 Å². The molecule has 0 saturated carbocycles. The molecule has 0 radical (unpaired) electrons. The van der Waals surface area contributed by atoms with E-state index in [2.05, 4.69) is 0 Å². The van der Waals surface area contributed by atoms with Crippen LogP contribution in [-0.2, 0) is 0 Å². The summed E-state index contributed by atoms with van der Waals surface area (Å²) in [5, 5.41) is 9.27. The first kappa shape index (κ1) is 12.3. The zero-order valence-electron chi connectivity index (χ0n) is 9.20. The first-order chi connectivity index (χ1) is 8.11. The van der Waals surface area contributed by atoms with Crippen LogP contribution >= 0.6 is 11.6 Å². The summed E-state index contributed by atoms with van der Waals surface area (Å²) in [4.78, 5) is 13.6. The number of halogens is 2. The van der Waals surface area contributed by atoms with Gasteiger partial charge in [0.1, 0.15) is 5.82 Å². The number of likely N-dealkylation sites (tertiary alicyclic amines) is 1. The molecule has 2 rings (SSSR count). The molecule has 0 aromatic heterocycles. The standard InChI is InChI=1S/C12H13ClFNO2/c13-9-1-2-10(11(14)5-9)12(17)15-4-3-8(6-15)7-16/h1-2,5,8,16H,3-4,6-7H2. The number of amides is 1. The van der Waals surface area contributed by atoms with Crippen LogP contribution in [0.25, 0.3) is 0 Å². The fourth-order valence-corrected chi connectivity index (χ4v) is 2.16. The molecule has 1 N–H and O–H groups in total. The molecule has 1 heterocycles. The Labute approximate surface area is 104 Å². The summed E-state index contributed by atoms with van der Waals surface area (Å²) in [6.45, 7) is 1.11. The molecule has 1 amide bonds. The van der Waals surface area contributed by atoms with Crippen molar-refractivity contribution in [2.24, 2.45) is 5.92 Å². The van der Waals surface area contributed by atoms with Gasteiger partial charge in [0, 0.05) is 30.6 Å². The van der Waals surface area contributed by atoms with Crippen LogP contribution in [0.2, 0.25) is 5.02 Å². The summed E-state index contributed by atoms with van der Waals surface area (Å²) in [6.07, 6.45) is 0.761. The van der Waals surface area contributed by atoms with Crippen LogP contribution in [0, 0.1) is 11.7 Å². The number of aliphatic hydroxyl groups excluding tert-OH is 1. The zero-order valence-corrected chi connectivity index (χ0v) is 9.95. The van der Waals surface area contributed by atoms with Crippen molar-refractivity contribution in [3.63, 3.8) is 0 Å². The highest BCUT2D eigenvalue weighted by Crippen LogP contribution is 2.21. The van der Waals surface area contributed by atoms with Crippen molar-refractivity contribution in [1.29, 1.82) is 0 Å². The van der Waals surface area contributed by atoms with Crippen molar-refractivity contribution in [1.82, 2.24) is 4.90 Å². The molecule has 5 heteroatoms. The third kappa shape index (κ3) is 2.58. The Morgan fingerprint density at radius 1 is 1.59 bits per heavy atom. The second kappa shape index (κ2) is 5.02. The van der Waals surface area contributed by atoms with Crippen molar-refractivity contribution in [2.45, 2.75) is 6.42 Å².